The molecule has 1 amide bonds. The molecule has 0 unspecified atom stereocenters. The molecule has 0 bridgehead atoms. The van der Waals surface area contributed by atoms with Crippen LogP contribution >= 0.6 is 11.3 Å². The Morgan fingerprint density at radius 3 is 2.55 bits per heavy atom. The van der Waals surface area contributed by atoms with E-state index in [1.54, 1.807) is 18.2 Å². The number of nitrogens with one attached hydrogen (secondary N) is 2. The van der Waals surface area contributed by atoms with Crippen LogP contribution in [0.3, 0.4) is 0 Å². The predicted octanol–water partition coefficient (Wildman–Crippen LogP) is 4.31. The summed E-state index contributed by atoms with van der Waals surface area (Å²) in [6, 6.07) is 17.0. The number of carbonyl (C=O) groups is 1. The second-order valence-corrected chi connectivity index (χ2v) is 9.81. The number of rotatable bonds is 6. The molecular formula is C21H21N3O3S2. The highest BCUT2D eigenvalue weighted by Crippen LogP contribution is 2.32. The van der Waals surface area contributed by atoms with Crippen LogP contribution in [0.25, 0.3) is 21.8 Å². The molecule has 0 spiro atoms. The molecule has 0 radical (unpaired) electrons. The number of amides is 1. The van der Waals surface area contributed by atoms with E-state index in [9.17, 15) is 13.2 Å². The van der Waals surface area contributed by atoms with Crippen LogP contribution in [0.1, 0.15) is 18.7 Å². The Balaban J connectivity index is 1.67. The van der Waals surface area contributed by atoms with Crippen LogP contribution in [0.4, 0.5) is 5.69 Å². The summed E-state index contributed by atoms with van der Waals surface area (Å²) in [5, 5.41) is 4.79. The van der Waals surface area contributed by atoms with Crippen LogP contribution in [0, 0.1) is 0 Å². The molecule has 0 aliphatic heterocycles. The fourth-order valence-electron chi connectivity index (χ4n) is 3.47. The second kappa shape index (κ2) is 7.53. The molecular weight excluding hydrogens is 406 g/mol. The average Bonchev–Trinajstić information content (AvgIpc) is 3.29. The van der Waals surface area contributed by atoms with E-state index in [1.807, 2.05) is 24.3 Å². The van der Waals surface area contributed by atoms with Crippen LogP contribution in [0.15, 0.2) is 58.8 Å². The lowest BCUT2D eigenvalue weighted by atomic mass is 10.1. The quantitative estimate of drug-likeness (QED) is 0.481. The number of carbonyl (C=O) groups excluding carboxylic acids is 1. The summed E-state index contributed by atoms with van der Waals surface area (Å²) in [7, 11) is -3.70. The monoisotopic (exact) mass is 427 g/mol. The second-order valence-electron chi connectivity index (χ2n) is 6.73. The third-order valence-electron chi connectivity index (χ3n) is 4.75. The van der Waals surface area contributed by atoms with E-state index in [-0.39, 0.29) is 10.1 Å². The first-order valence-electron chi connectivity index (χ1n) is 9.26. The van der Waals surface area contributed by atoms with Gasteiger partial charge in [-0.05, 0) is 43.3 Å². The molecule has 2 heterocycles. The van der Waals surface area contributed by atoms with Crippen LogP contribution in [0.5, 0.6) is 0 Å². The average molecular weight is 428 g/mol. The van der Waals surface area contributed by atoms with Gasteiger partial charge in [0.05, 0.1) is 6.54 Å². The van der Waals surface area contributed by atoms with Crippen LogP contribution < -0.4 is 10.0 Å². The highest BCUT2D eigenvalue weighted by atomic mass is 32.2. The van der Waals surface area contributed by atoms with Crippen molar-refractivity contribution < 1.29 is 13.2 Å². The highest BCUT2D eigenvalue weighted by molar-refractivity contribution is 7.94. The molecule has 0 saturated carbocycles. The van der Waals surface area contributed by atoms with Gasteiger partial charge in [0.1, 0.15) is 4.21 Å². The lowest BCUT2D eigenvalue weighted by Crippen LogP contribution is -2.18. The molecule has 150 valence electrons. The molecule has 0 saturated heterocycles. The van der Waals surface area contributed by atoms with E-state index < -0.39 is 10.0 Å². The molecule has 6 nitrogen and oxygen atoms in total. The maximum absolute atomic E-state index is 12.8. The number of para-hydroxylation sites is 1. The zero-order chi connectivity index (χ0) is 20.6. The maximum atomic E-state index is 12.8. The van der Waals surface area contributed by atoms with Crippen molar-refractivity contribution in [1.82, 2.24) is 9.88 Å². The Bertz CT molecular complexity index is 1320. The molecule has 29 heavy (non-hydrogen) atoms. The maximum Gasteiger partial charge on any atom is 0.271 e. The normalized spacial score (nSPS) is 11.8. The van der Waals surface area contributed by atoms with E-state index in [0.717, 1.165) is 44.6 Å². The molecule has 8 heteroatoms. The van der Waals surface area contributed by atoms with Crippen LogP contribution in [0.2, 0.25) is 0 Å². The van der Waals surface area contributed by atoms with Gasteiger partial charge >= 0.3 is 0 Å². The molecule has 4 aromatic rings. The van der Waals surface area contributed by atoms with Gasteiger partial charge in [0.25, 0.3) is 10.0 Å². The van der Waals surface area contributed by atoms with Gasteiger partial charge in [0, 0.05) is 45.8 Å². The molecule has 4 rings (SSSR count). The summed E-state index contributed by atoms with van der Waals surface area (Å²) >= 11 is 1.15. The van der Waals surface area contributed by atoms with Crippen molar-refractivity contribution in [3.63, 3.8) is 0 Å². The first-order valence-corrected chi connectivity index (χ1v) is 11.6. The zero-order valence-electron chi connectivity index (χ0n) is 16.1. The third-order valence-corrected chi connectivity index (χ3v) is 7.71. The topological polar surface area (TPSA) is 80.2 Å². The highest BCUT2D eigenvalue weighted by Gasteiger charge is 2.18. The number of aryl methyl sites for hydroxylation is 1. The number of fused-ring (bicyclic) bond motifs is 3. The van der Waals surface area contributed by atoms with E-state index in [4.69, 9.17) is 0 Å². The smallest absolute Gasteiger partial charge is 0.271 e. The van der Waals surface area contributed by atoms with Crippen molar-refractivity contribution in [2.24, 2.45) is 0 Å². The first kappa shape index (κ1) is 19.5. The third kappa shape index (κ3) is 3.73. The summed E-state index contributed by atoms with van der Waals surface area (Å²) < 4.78 is 30.8. The predicted molar refractivity (Wildman–Crippen MR) is 118 cm³/mol. The van der Waals surface area contributed by atoms with Gasteiger partial charge in [-0.25, -0.2) is 8.42 Å². The molecule has 2 aromatic heterocycles. The summed E-state index contributed by atoms with van der Waals surface area (Å²) in [6.45, 7) is 4.68. The first-order chi connectivity index (χ1) is 13.9. The van der Waals surface area contributed by atoms with Crippen molar-refractivity contribution in [3.8, 4) is 0 Å². The van der Waals surface area contributed by atoms with Crippen molar-refractivity contribution in [2.45, 2.75) is 31.1 Å². The fraction of sp³-hybridized carbons (Fsp3) is 0.190. The lowest BCUT2D eigenvalue weighted by molar-refractivity contribution is -0.119. The van der Waals surface area contributed by atoms with Crippen LogP contribution in [-0.4, -0.2) is 18.9 Å². The Morgan fingerprint density at radius 2 is 1.79 bits per heavy atom. The van der Waals surface area contributed by atoms with Crippen molar-refractivity contribution in [2.75, 3.05) is 4.72 Å². The van der Waals surface area contributed by atoms with E-state index in [0.29, 0.717) is 12.2 Å². The number of sulfonamides is 1. The molecule has 0 aliphatic rings. The Labute approximate surface area is 173 Å². The SMILES string of the molecule is CCn1c2ccccc2c2cc(NS(=O)(=O)c3ccc(CNC(C)=O)s3)ccc21. The Kier molecular flexibility index (Phi) is 5.06. The Hall–Kier alpha value is -2.84. The van der Waals surface area contributed by atoms with Crippen molar-refractivity contribution in [1.29, 1.82) is 0 Å². The van der Waals surface area contributed by atoms with Crippen LogP contribution in [-0.2, 0) is 27.9 Å². The number of hydrogen-bond donors (Lipinski definition) is 2. The Morgan fingerprint density at radius 1 is 1.03 bits per heavy atom. The number of nitrogens with zero attached hydrogens (tertiary/aromatic N) is 1. The molecule has 0 atom stereocenters. The lowest BCUT2D eigenvalue weighted by Gasteiger charge is -2.07. The van der Waals surface area contributed by atoms with E-state index in [1.165, 1.54) is 6.92 Å². The minimum absolute atomic E-state index is 0.152. The van der Waals surface area contributed by atoms with Gasteiger partial charge in [-0.15, -0.1) is 11.3 Å². The van der Waals surface area contributed by atoms with Gasteiger partial charge in [0.15, 0.2) is 0 Å². The molecule has 0 aliphatic carbocycles. The van der Waals surface area contributed by atoms with E-state index in [2.05, 4.69) is 33.7 Å². The van der Waals surface area contributed by atoms with Gasteiger partial charge in [-0.1, -0.05) is 18.2 Å². The van der Waals surface area contributed by atoms with Crippen molar-refractivity contribution in [3.05, 3.63) is 59.5 Å². The van der Waals surface area contributed by atoms with Gasteiger partial charge < -0.3 is 9.88 Å². The summed E-state index contributed by atoms with van der Waals surface area (Å²) in [6.07, 6.45) is 0. The summed E-state index contributed by atoms with van der Waals surface area (Å²) in [4.78, 5) is 11.8. The van der Waals surface area contributed by atoms with Gasteiger partial charge in [0.2, 0.25) is 5.91 Å². The standard InChI is InChI=1S/C21H21N3O3S2/c1-3-24-19-7-5-4-6-17(19)18-12-15(8-10-20(18)24)23-29(26,27)21-11-9-16(28-21)13-22-14(2)25/h4-12,23H,3,13H2,1-2H3,(H,22,25). The molecule has 0 fully saturated rings. The van der Waals surface area contributed by atoms with Gasteiger partial charge in [-0.3, -0.25) is 9.52 Å². The molecule has 2 aromatic carbocycles. The fourth-order valence-corrected chi connectivity index (χ4v) is 5.82. The van der Waals surface area contributed by atoms with Crippen molar-refractivity contribution >= 4 is 54.8 Å². The molecule has 2 N–H and O–H groups in total. The summed E-state index contributed by atoms with van der Waals surface area (Å²) in [5.74, 6) is -0.152. The summed E-state index contributed by atoms with van der Waals surface area (Å²) in [5.41, 5.74) is 2.73. The number of thiophene rings is 1. The number of hydrogen-bond acceptors (Lipinski definition) is 4. The largest absolute Gasteiger partial charge is 0.351 e. The minimum atomic E-state index is -3.70. The minimum Gasteiger partial charge on any atom is -0.351 e. The number of benzene rings is 2. The number of anilines is 1. The zero-order valence-corrected chi connectivity index (χ0v) is 17.7. The van der Waals surface area contributed by atoms with E-state index >= 15 is 0 Å². The van der Waals surface area contributed by atoms with Gasteiger partial charge in [-0.2, -0.15) is 0 Å². The number of aromatic nitrogens is 1.